The first-order valence-corrected chi connectivity index (χ1v) is 7.03. The van der Waals surface area contributed by atoms with Gasteiger partial charge in [0.2, 0.25) is 0 Å². The van der Waals surface area contributed by atoms with Gasteiger partial charge in [-0.15, -0.1) is 0 Å². The van der Waals surface area contributed by atoms with Gasteiger partial charge in [0.15, 0.2) is 0 Å². The summed E-state index contributed by atoms with van der Waals surface area (Å²) in [5.41, 5.74) is 4.83. The Balaban J connectivity index is 0.00000200. The van der Waals surface area contributed by atoms with Crippen molar-refractivity contribution in [2.45, 2.75) is 25.2 Å². The van der Waals surface area contributed by atoms with E-state index >= 15 is 0 Å². The fourth-order valence-corrected chi connectivity index (χ4v) is 2.19. The molecule has 7 N–H and O–H groups in total. The van der Waals surface area contributed by atoms with Crippen molar-refractivity contribution in [2.75, 3.05) is 12.3 Å². The van der Waals surface area contributed by atoms with Gasteiger partial charge < -0.3 is 30.9 Å². The zero-order valence-electron chi connectivity index (χ0n) is 10.8. The predicted octanol–water partition coefficient (Wildman–Crippen LogP) is -0.643. The molecule has 1 fully saturated rings. The van der Waals surface area contributed by atoms with Gasteiger partial charge in [-0.05, 0) is 18.9 Å². The monoisotopic (exact) mass is 308 g/mol. The van der Waals surface area contributed by atoms with Crippen LogP contribution in [0.2, 0.25) is 0 Å². The molecule has 2 heterocycles. The molecule has 1 aliphatic rings. The normalized spacial score (nSPS) is 24.9. The molecule has 1 aliphatic heterocycles. The van der Waals surface area contributed by atoms with Crippen LogP contribution in [0.15, 0.2) is 17.1 Å². The third-order valence-corrected chi connectivity index (χ3v) is 3.15. The first-order valence-electron chi connectivity index (χ1n) is 5.53. The van der Waals surface area contributed by atoms with Gasteiger partial charge in [0.25, 0.3) is 7.82 Å². The number of quaternary nitrogens is 1. The number of anilines is 1. The molecule has 11 heteroatoms. The quantitative estimate of drug-likeness (QED) is 0.614. The predicted molar refractivity (Wildman–Crippen MR) is 67.8 cm³/mol. The fraction of sp³-hybridized carbons (Fsp3) is 0.556. The zero-order chi connectivity index (χ0) is 14.0. The maximum Gasteiger partial charge on any atom is 0.351 e. The highest BCUT2D eigenvalue weighted by Crippen LogP contribution is 2.34. The lowest BCUT2D eigenvalue weighted by Gasteiger charge is -2.19. The lowest BCUT2D eigenvalue weighted by molar-refractivity contribution is -0.222. The van der Waals surface area contributed by atoms with Crippen molar-refractivity contribution in [3.05, 3.63) is 22.7 Å². The van der Waals surface area contributed by atoms with Crippen LogP contribution in [0.3, 0.4) is 0 Å². The van der Waals surface area contributed by atoms with Gasteiger partial charge in [-0.2, -0.15) is 4.98 Å². The minimum atomic E-state index is -4.75. The summed E-state index contributed by atoms with van der Waals surface area (Å²) in [4.78, 5) is 34.1. The molecule has 1 aromatic heterocycles. The van der Waals surface area contributed by atoms with E-state index in [1.807, 2.05) is 0 Å². The molecule has 0 bridgehead atoms. The molecule has 0 spiro atoms. The summed E-state index contributed by atoms with van der Waals surface area (Å²) in [6.45, 7) is -0.287. The van der Waals surface area contributed by atoms with Crippen LogP contribution in [0.4, 0.5) is 5.82 Å². The van der Waals surface area contributed by atoms with E-state index in [0.29, 0.717) is 12.8 Å². The minimum absolute atomic E-state index is 0. The van der Waals surface area contributed by atoms with Crippen LogP contribution in [-0.4, -0.2) is 27.2 Å². The van der Waals surface area contributed by atoms with Crippen molar-refractivity contribution in [3.63, 3.8) is 0 Å². The maximum absolute atomic E-state index is 11.6. The largest absolute Gasteiger partial charge is 0.756 e. The molecule has 0 amide bonds. The van der Waals surface area contributed by atoms with Crippen LogP contribution in [0, 0.1) is 0 Å². The molecule has 0 aliphatic carbocycles. The number of nitrogens with two attached hydrogens (primary N) is 1. The molecule has 1 unspecified atom stereocenters. The van der Waals surface area contributed by atoms with E-state index in [1.165, 1.54) is 16.8 Å². The SMILES string of the molecule is Nc1ccn([C@H]2CC[C@@H](COP(=O)([O-])O)O2)c(=O)n1.[NH4+]. The highest BCUT2D eigenvalue weighted by molar-refractivity contribution is 7.44. The van der Waals surface area contributed by atoms with Crippen molar-refractivity contribution in [2.24, 2.45) is 0 Å². The van der Waals surface area contributed by atoms with Gasteiger partial charge in [-0.3, -0.25) is 9.13 Å². The van der Waals surface area contributed by atoms with Gasteiger partial charge in [-0.25, -0.2) is 4.79 Å². The number of nitrogen functional groups attached to an aromatic ring is 1. The Bertz CT molecular complexity index is 558. The Morgan fingerprint density at radius 2 is 2.35 bits per heavy atom. The van der Waals surface area contributed by atoms with Crippen molar-refractivity contribution in [1.29, 1.82) is 0 Å². The highest BCUT2D eigenvalue weighted by atomic mass is 31.2. The van der Waals surface area contributed by atoms with Gasteiger partial charge >= 0.3 is 5.69 Å². The molecule has 10 nitrogen and oxygen atoms in total. The first kappa shape index (κ1) is 16.8. The van der Waals surface area contributed by atoms with E-state index in [0.717, 1.165) is 0 Å². The molecule has 20 heavy (non-hydrogen) atoms. The maximum atomic E-state index is 11.6. The first-order chi connectivity index (χ1) is 8.85. The van der Waals surface area contributed by atoms with Gasteiger partial charge in [0, 0.05) is 6.20 Å². The minimum Gasteiger partial charge on any atom is -0.756 e. The Kier molecular flexibility index (Phi) is 5.40. The molecule has 3 atom stereocenters. The van der Waals surface area contributed by atoms with Crippen molar-refractivity contribution >= 4 is 13.6 Å². The summed E-state index contributed by atoms with van der Waals surface area (Å²) in [6, 6.07) is 1.47. The summed E-state index contributed by atoms with van der Waals surface area (Å²) in [5.74, 6) is 0.117. The molecular formula is C9H17N4O6P. The molecule has 2 rings (SSSR count). The number of ether oxygens (including phenoxy) is 1. The van der Waals surface area contributed by atoms with Gasteiger partial charge in [0.05, 0.1) is 12.7 Å². The number of nitrogens with zero attached hydrogens (tertiary/aromatic N) is 2. The number of hydrogen-bond acceptors (Lipinski definition) is 7. The smallest absolute Gasteiger partial charge is 0.351 e. The number of phosphoric acid groups is 1. The molecule has 0 radical (unpaired) electrons. The van der Waals surface area contributed by atoms with Crippen LogP contribution in [0.5, 0.6) is 0 Å². The Morgan fingerprint density at radius 1 is 1.65 bits per heavy atom. The topological polar surface area (TPSA) is 176 Å². The van der Waals surface area contributed by atoms with Crippen LogP contribution < -0.4 is 22.5 Å². The number of aromatic nitrogens is 2. The summed E-state index contributed by atoms with van der Waals surface area (Å²) in [5, 5.41) is 0. The summed E-state index contributed by atoms with van der Waals surface area (Å²) in [6.07, 6.45) is 1.42. The number of hydrogen-bond donors (Lipinski definition) is 3. The van der Waals surface area contributed by atoms with Crippen molar-refractivity contribution in [3.8, 4) is 0 Å². The third kappa shape index (κ3) is 4.37. The van der Waals surface area contributed by atoms with Crippen LogP contribution in [-0.2, 0) is 13.8 Å². The van der Waals surface area contributed by atoms with E-state index in [-0.39, 0.29) is 18.6 Å². The Hall–Kier alpha value is -1.29. The van der Waals surface area contributed by atoms with E-state index in [1.54, 1.807) is 0 Å². The second-order valence-corrected chi connectivity index (χ2v) is 5.29. The lowest BCUT2D eigenvalue weighted by atomic mass is 10.2. The average Bonchev–Trinajstić information content (AvgIpc) is 2.74. The third-order valence-electron chi connectivity index (χ3n) is 2.67. The molecule has 1 aromatic rings. The second kappa shape index (κ2) is 6.44. The molecule has 1 saturated heterocycles. The van der Waals surface area contributed by atoms with Gasteiger partial charge in [0.1, 0.15) is 12.0 Å². The molecule has 0 saturated carbocycles. The highest BCUT2D eigenvalue weighted by Gasteiger charge is 2.28. The molecule has 0 aromatic carbocycles. The second-order valence-electron chi connectivity index (χ2n) is 4.10. The average molecular weight is 308 g/mol. The summed E-state index contributed by atoms with van der Waals surface area (Å²) in [7, 11) is -4.75. The Labute approximate surface area is 114 Å². The van der Waals surface area contributed by atoms with E-state index in [4.69, 9.17) is 15.4 Å². The number of phosphoric ester groups is 1. The van der Waals surface area contributed by atoms with Gasteiger partial charge in [-0.1, -0.05) is 0 Å². The van der Waals surface area contributed by atoms with Crippen molar-refractivity contribution in [1.82, 2.24) is 15.7 Å². The fourth-order valence-electron chi connectivity index (χ4n) is 1.84. The van der Waals surface area contributed by atoms with E-state index < -0.39 is 25.8 Å². The lowest BCUT2D eigenvalue weighted by Crippen LogP contribution is -2.28. The van der Waals surface area contributed by atoms with E-state index in [2.05, 4.69) is 9.51 Å². The molecule has 114 valence electrons. The standard InChI is InChI=1S/C9H14N3O6P.H3N/c10-7-3-4-12(9(13)11-7)8-2-1-6(18-8)5-17-19(14,15)16;/h3-4,6,8H,1-2,5H2,(H2,10,11,13)(H2,14,15,16);1H3/t6-,8+;/m0./s1. The number of rotatable bonds is 4. The zero-order valence-corrected chi connectivity index (χ0v) is 11.7. The van der Waals surface area contributed by atoms with Crippen molar-refractivity contribution < 1.29 is 23.6 Å². The van der Waals surface area contributed by atoms with E-state index in [9.17, 15) is 14.3 Å². The van der Waals surface area contributed by atoms with Crippen LogP contribution >= 0.6 is 7.82 Å². The summed E-state index contributed by atoms with van der Waals surface area (Å²) >= 11 is 0. The Morgan fingerprint density at radius 3 is 2.95 bits per heavy atom. The van der Waals surface area contributed by atoms with Crippen LogP contribution in [0.25, 0.3) is 0 Å². The summed E-state index contributed by atoms with van der Waals surface area (Å²) < 4.78 is 21.4. The van der Waals surface area contributed by atoms with Crippen LogP contribution in [0.1, 0.15) is 19.1 Å². The molecular weight excluding hydrogens is 291 g/mol.